The summed E-state index contributed by atoms with van der Waals surface area (Å²) >= 11 is 5.68. The minimum atomic E-state index is -0.543. The molecule has 3 rings (SSSR count). The van der Waals surface area contributed by atoms with Gasteiger partial charge in [0.25, 0.3) is 0 Å². The normalized spacial score (nSPS) is 10.2. The molecule has 2 heterocycles. The predicted octanol–water partition coefficient (Wildman–Crippen LogP) is 3.64. The molecule has 2 amide bonds. The number of rotatable bonds is 7. The first-order valence-electron chi connectivity index (χ1n) is 8.34. The van der Waals surface area contributed by atoms with Crippen LogP contribution < -0.4 is 21.3 Å². The molecule has 3 aromatic rings. The highest BCUT2D eigenvalue weighted by molar-refractivity contribution is 6.31. The maximum Gasteiger partial charge on any atom is 0.319 e. The van der Waals surface area contributed by atoms with Crippen LogP contribution in [0.15, 0.2) is 55.0 Å². The third kappa shape index (κ3) is 5.78. The number of carbonyl (C=O) groups excluding carboxylic acids is 1. The number of urea groups is 1. The molecule has 144 valence electrons. The van der Waals surface area contributed by atoms with Gasteiger partial charge in [-0.05, 0) is 30.3 Å². The molecule has 4 N–H and O–H groups in total. The second-order valence-electron chi connectivity index (χ2n) is 5.57. The third-order valence-corrected chi connectivity index (χ3v) is 3.77. The van der Waals surface area contributed by atoms with Gasteiger partial charge in [-0.1, -0.05) is 17.7 Å². The number of carbonyl (C=O) groups is 1. The number of halogens is 2. The van der Waals surface area contributed by atoms with Crippen molar-refractivity contribution in [2.75, 3.05) is 29.0 Å². The van der Waals surface area contributed by atoms with Crippen molar-refractivity contribution >= 4 is 40.8 Å². The molecule has 28 heavy (non-hydrogen) atoms. The van der Waals surface area contributed by atoms with Gasteiger partial charge >= 0.3 is 6.03 Å². The molecule has 0 aliphatic rings. The summed E-state index contributed by atoms with van der Waals surface area (Å²) in [4.78, 5) is 24.3. The number of anilines is 4. The highest BCUT2D eigenvalue weighted by atomic mass is 35.5. The van der Waals surface area contributed by atoms with Crippen LogP contribution in [0.5, 0.6) is 0 Å². The van der Waals surface area contributed by atoms with Gasteiger partial charge in [0, 0.05) is 31.0 Å². The van der Waals surface area contributed by atoms with Crippen molar-refractivity contribution < 1.29 is 9.18 Å². The van der Waals surface area contributed by atoms with Gasteiger partial charge in [0.2, 0.25) is 0 Å². The number of nitrogens with one attached hydrogen (secondary N) is 4. The monoisotopic (exact) mass is 401 g/mol. The van der Waals surface area contributed by atoms with Crippen LogP contribution in [0.4, 0.5) is 32.3 Å². The highest BCUT2D eigenvalue weighted by Crippen LogP contribution is 2.19. The molecule has 0 aliphatic heterocycles. The summed E-state index contributed by atoms with van der Waals surface area (Å²) in [5, 5.41) is 11.3. The minimum absolute atomic E-state index is 0.0571. The fourth-order valence-corrected chi connectivity index (χ4v) is 2.39. The standard InChI is InChI=1S/C18H17ClFN7O/c19-13-9-12(4-5-14(13)20)26-18(28)23-8-7-22-16-10-17(25-11-24-16)27-15-3-1-2-6-21-15/h1-6,9-11H,7-8H2,(H2,23,26,28)(H2,21,22,24,25,27). The Balaban J connectivity index is 1.43. The molecule has 0 radical (unpaired) electrons. The topological polar surface area (TPSA) is 104 Å². The van der Waals surface area contributed by atoms with Crippen LogP contribution in [0.25, 0.3) is 0 Å². The van der Waals surface area contributed by atoms with Crippen molar-refractivity contribution in [3.05, 3.63) is 65.8 Å². The van der Waals surface area contributed by atoms with Crippen molar-refractivity contribution in [2.45, 2.75) is 0 Å². The maximum absolute atomic E-state index is 13.1. The lowest BCUT2D eigenvalue weighted by Crippen LogP contribution is -2.32. The van der Waals surface area contributed by atoms with Crippen molar-refractivity contribution in [3.8, 4) is 0 Å². The fraction of sp³-hybridized carbons (Fsp3) is 0.111. The second-order valence-corrected chi connectivity index (χ2v) is 5.97. The van der Waals surface area contributed by atoms with E-state index in [2.05, 4.69) is 36.2 Å². The first-order valence-corrected chi connectivity index (χ1v) is 8.72. The summed E-state index contributed by atoms with van der Waals surface area (Å²) in [7, 11) is 0. The van der Waals surface area contributed by atoms with E-state index in [-0.39, 0.29) is 5.02 Å². The number of amides is 2. The Morgan fingerprint density at radius 3 is 2.64 bits per heavy atom. The SMILES string of the molecule is O=C(NCCNc1cc(Nc2ccccn2)ncn1)Nc1ccc(F)c(Cl)c1. The molecule has 0 saturated heterocycles. The van der Waals surface area contributed by atoms with Crippen LogP contribution in [0, 0.1) is 5.82 Å². The zero-order valence-electron chi connectivity index (χ0n) is 14.6. The van der Waals surface area contributed by atoms with Crippen molar-refractivity contribution in [1.82, 2.24) is 20.3 Å². The van der Waals surface area contributed by atoms with E-state index >= 15 is 0 Å². The van der Waals surface area contributed by atoms with Gasteiger partial charge in [-0.25, -0.2) is 24.1 Å². The summed E-state index contributed by atoms with van der Waals surface area (Å²) in [6.07, 6.45) is 3.10. The number of hydrogen-bond acceptors (Lipinski definition) is 6. The van der Waals surface area contributed by atoms with Crippen LogP contribution in [0.2, 0.25) is 5.02 Å². The first kappa shape index (κ1) is 19.3. The molecular weight excluding hydrogens is 385 g/mol. The number of pyridine rings is 1. The highest BCUT2D eigenvalue weighted by Gasteiger charge is 2.05. The third-order valence-electron chi connectivity index (χ3n) is 3.48. The van der Waals surface area contributed by atoms with E-state index in [1.807, 2.05) is 18.2 Å². The summed E-state index contributed by atoms with van der Waals surface area (Å²) < 4.78 is 13.1. The summed E-state index contributed by atoms with van der Waals surface area (Å²) in [5.74, 6) is 1.32. The molecule has 0 unspecified atom stereocenters. The minimum Gasteiger partial charge on any atom is -0.368 e. The maximum atomic E-state index is 13.1. The fourth-order valence-electron chi connectivity index (χ4n) is 2.21. The van der Waals surface area contributed by atoms with Crippen LogP contribution in [-0.2, 0) is 0 Å². The second kappa shape index (κ2) is 9.47. The van der Waals surface area contributed by atoms with Crippen molar-refractivity contribution in [3.63, 3.8) is 0 Å². The van der Waals surface area contributed by atoms with Gasteiger partial charge in [0.1, 0.15) is 29.6 Å². The average molecular weight is 402 g/mol. The quantitative estimate of drug-likeness (QED) is 0.451. The lowest BCUT2D eigenvalue weighted by atomic mass is 10.3. The largest absolute Gasteiger partial charge is 0.368 e. The summed E-state index contributed by atoms with van der Waals surface area (Å²) in [5.41, 5.74) is 0.401. The lowest BCUT2D eigenvalue weighted by Gasteiger charge is -2.10. The summed E-state index contributed by atoms with van der Waals surface area (Å²) in [6, 6.07) is 10.8. The van der Waals surface area contributed by atoms with Gasteiger partial charge in [0.15, 0.2) is 0 Å². The molecule has 8 nitrogen and oxygen atoms in total. The van der Waals surface area contributed by atoms with E-state index in [1.165, 1.54) is 24.5 Å². The van der Waals surface area contributed by atoms with Crippen LogP contribution in [0.1, 0.15) is 0 Å². The zero-order valence-corrected chi connectivity index (χ0v) is 15.4. The van der Waals surface area contributed by atoms with Gasteiger partial charge in [-0.15, -0.1) is 0 Å². The first-order chi connectivity index (χ1) is 13.6. The molecule has 0 spiro atoms. The Morgan fingerprint density at radius 2 is 1.86 bits per heavy atom. The van der Waals surface area contributed by atoms with Gasteiger partial charge in [-0.3, -0.25) is 0 Å². The van der Waals surface area contributed by atoms with E-state index in [0.29, 0.717) is 36.2 Å². The molecule has 0 fully saturated rings. The molecular formula is C18H17ClFN7O. The van der Waals surface area contributed by atoms with E-state index < -0.39 is 11.8 Å². The Labute approximate surface area is 165 Å². The van der Waals surface area contributed by atoms with Crippen LogP contribution in [-0.4, -0.2) is 34.1 Å². The number of nitrogens with zero attached hydrogens (tertiary/aromatic N) is 3. The lowest BCUT2D eigenvalue weighted by molar-refractivity contribution is 0.252. The molecule has 0 saturated carbocycles. The molecule has 0 aliphatic carbocycles. The van der Waals surface area contributed by atoms with E-state index in [0.717, 1.165) is 0 Å². The van der Waals surface area contributed by atoms with E-state index in [9.17, 15) is 9.18 Å². The molecule has 2 aromatic heterocycles. The molecule has 1 aromatic carbocycles. The molecule has 0 bridgehead atoms. The molecule has 0 atom stereocenters. The van der Waals surface area contributed by atoms with Gasteiger partial charge in [0.05, 0.1) is 5.02 Å². The number of benzene rings is 1. The smallest absolute Gasteiger partial charge is 0.319 e. The predicted molar refractivity (Wildman–Crippen MR) is 106 cm³/mol. The number of hydrogen-bond donors (Lipinski definition) is 4. The Kier molecular flexibility index (Phi) is 6.53. The average Bonchev–Trinajstić information content (AvgIpc) is 2.69. The van der Waals surface area contributed by atoms with Gasteiger partial charge in [-0.2, -0.15) is 0 Å². The van der Waals surface area contributed by atoms with Crippen molar-refractivity contribution in [2.24, 2.45) is 0 Å². The summed E-state index contributed by atoms with van der Waals surface area (Å²) in [6.45, 7) is 0.783. The van der Waals surface area contributed by atoms with E-state index in [1.54, 1.807) is 12.3 Å². The molecule has 10 heteroatoms. The van der Waals surface area contributed by atoms with Crippen molar-refractivity contribution in [1.29, 1.82) is 0 Å². The Morgan fingerprint density at radius 1 is 1.00 bits per heavy atom. The Hall–Kier alpha value is -3.46. The van der Waals surface area contributed by atoms with Crippen LogP contribution >= 0.6 is 11.6 Å². The Bertz CT molecular complexity index is 942. The zero-order chi connectivity index (χ0) is 19.8. The van der Waals surface area contributed by atoms with Crippen LogP contribution in [0.3, 0.4) is 0 Å². The number of aromatic nitrogens is 3. The van der Waals surface area contributed by atoms with E-state index in [4.69, 9.17) is 11.6 Å². The van der Waals surface area contributed by atoms with Gasteiger partial charge < -0.3 is 21.3 Å².